The van der Waals surface area contributed by atoms with E-state index in [4.69, 9.17) is 16.0 Å². The Balaban J connectivity index is 2.06. The van der Waals surface area contributed by atoms with Gasteiger partial charge >= 0.3 is 5.88 Å². The molecule has 0 spiro atoms. The summed E-state index contributed by atoms with van der Waals surface area (Å²) in [5, 5.41) is 24.1. The smallest absolute Gasteiger partial charge is 0.404 e. The second kappa shape index (κ2) is 5.57. The number of non-ortho nitro benzene ring substituents is 1. The van der Waals surface area contributed by atoms with Gasteiger partial charge < -0.3 is 9.73 Å². The summed E-state index contributed by atoms with van der Waals surface area (Å²) in [5.41, 5.74) is 0.352. The molecule has 2 rings (SSSR count). The third-order valence-electron chi connectivity index (χ3n) is 2.44. The van der Waals surface area contributed by atoms with Crippen molar-refractivity contribution in [3.63, 3.8) is 0 Å². The van der Waals surface area contributed by atoms with Crippen molar-refractivity contribution in [3.05, 3.63) is 61.3 Å². The van der Waals surface area contributed by atoms with E-state index in [2.05, 4.69) is 5.32 Å². The average Bonchev–Trinajstić information content (AvgIpc) is 2.86. The minimum atomic E-state index is -0.637. The number of nitrogens with one attached hydrogen (secondary N) is 1. The maximum absolute atomic E-state index is 10.6. The predicted octanol–water partition coefficient (Wildman–Crippen LogP) is 3.36. The van der Waals surface area contributed by atoms with Crippen LogP contribution in [0.3, 0.4) is 0 Å². The molecule has 2 aromatic rings. The molecule has 1 heterocycles. The Morgan fingerprint density at radius 2 is 1.90 bits per heavy atom. The van der Waals surface area contributed by atoms with Crippen LogP contribution in [0.5, 0.6) is 0 Å². The zero-order valence-electron chi connectivity index (χ0n) is 9.91. The van der Waals surface area contributed by atoms with Gasteiger partial charge in [-0.15, -0.1) is 0 Å². The Labute approximate surface area is 117 Å². The molecule has 0 aliphatic carbocycles. The molecule has 1 aromatic heterocycles. The van der Waals surface area contributed by atoms with Gasteiger partial charge in [-0.3, -0.25) is 20.2 Å². The van der Waals surface area contributed by atoms with E-state index in [1.54, 1.807) is 0 Å². The highest BCUT2D eigenvalue weighted by molar-refractivity contribution is 6.33. The second-order valence-corrected chi connectivity index (χ2v) is 4.18. The number of hydrogen-bond acceptors (Lipinski definition) is 6. The first-order valence-electron chi connectivity index (χ1n) is 5.38. The second-order valence-electron chi connectivity index (χ2n) is 3.77. The van der Waals surface area contributed by atoms with Crippen LogP contribution in [0.2, 0.25) is 5.02 Å². The van der Waals surface area contributed by atoms with Crippen molar-refractivity contribution in [3.8, 4) is 0 Å². The third kappa shape index (κ3) is 3.04. The van der Waals surface area contributed by atoms with Gasteiger partial charge in [-0.25, -0.2) is 0 Å². The molecule has 0 radical (unpaired) electrons. The number of nitrogens with zero attached hydrogens (tertiary/aromatic N) is 2. The summed E-state index contributed by atoms with van der Waals surface area (Å²) in [5.74, 6) is 0.00251. The molecule has 0 unspecified atom stereocenters. The van der Waals surface area contributed by atoms with Crippen LogP contribution in [0.1, 0.15) is 5.76 Å². The number of benzene rings is 1. The van der Waals surface area contributed by atoms with Crippen LogP contribution in [0, 0.1) is 20.2 Å². The summed E-state index contributed by atoms with van der Waals surface area (Å²) >= 11 is 5.89. The van der Waals surface area contributed by atoms with Crippen LogP contribution in [0.25, 0.3) is 0 Å². The maximum Gasteiger partial charge on any atom is 0.433 e. The number of rotatable bonds is 5. The minimum absolute atomic E-state index is 0.116. The van der Waals surface area contributed by atoms with Gasteiger partial charge in [0, 0.05) is 12.1 Å². The molecule has 0 fully saturated rings. The zero-order chi connectivity index (χ0) is 14.7. The van der Waals surface area contributed by atoms with Gasteiger partial charge in [0.05, 0.1) is 28.2 Å². The summed E-state index contributed by atoms with van der Waals surface area (Å²) in [6.45, 7) is 0.172. The first-order valence-corrected chi connectivity index (χ1v) is 5.76. The number of furan rings is 1. The lowest BCUT2D eigenvalue weighted by atomic mass is 10.3. The fourth-order valence-corrected chi connectivity index (χ4v) is 1.74. The molecule has 0 aliphatic heterocycles. The van der Waals surface area contributed by atoms with Gasteiger partial charge in [-0.1, -0.05) is 11.6 Å². The third-order valence-corrected chi connectivity index (χ3v) is 2.76. The van der Waals surface area contributed by atoms with Gasteiger partial charge in [0.1, 0.15) is 10.7 Å². The zero-order valence-corrected chi connectivity index (χ0v) is 10.7. The fraction of sp³-hybridized carbons (Fsp3) is 0.0909. The summed E-state index contributed by atoms with van der Waals surface area (Å²) in [6.07, 6.45) is 0. The molecule has 1 N–H and O–H groups in total. The summed E-state index contributed by atoms with van der Waals surface area (Å²) in [4.78, 5) is 19.8. The molecule has 0 aliphatic rings. The minimum Gasteiger partial charge on any atom is -0.404 e. The number of halogens is 1. The lowest BCUT2D eigenvalue weighted by Crippen LogP contribution is -1.99. The van der Waals surface area contributed by atoms with E-state index in [1.165, 1.54) is 30.3 Å². The first kappa shape index (κ1) is 13.8. The van der Waals surface area contributed by atoms with Gasteiger partial charge in [-0.05, 0) is 12.1 Å². The van der Waals surface area contributed by atoms with E-state index in [0.717, 1.165) is 0 Å². The standard InChI is InChI=1S/C11H8ClN3O5/c12-9-5-7(14(16)17)1-3-10(9)13-6-8-2-4-11(20-8)15(18)19/h1-5,13H,6H2. The number of nitro benzene ring substituents is 1. The highest BCUT2D eigenvalue weighted by Crippen LogP contribution is 2.27. The molecule has 104 valence electrons. The van der Waals surface area contributed by atoms with Crippen molar-refractivity contribution in [2.45, 2.75) is 6.54 Å². The van der Waals surface area contributed by atoms with E-state index in [0.29, 0.717) is 11.4 Å². The van der Waals surface area contributed by atoms with Crippen molar-refractivity contribution in [2.24, 2.45) is 0 Å². The summed E-state index contributed by atoms with van der Waals surface area (Å²) < 4.78 is 4.96. The SMILES string of the molecule is O=[N+]([O-])c1ccc(NCc2ccc([N+](=O)[O-])o2)c(Cl)c1. The predicted molar refractivity (Wildman–Crippen MR) is 70.8 cm³/mol. The Kier molecular flexibility index (Phi) is 3.85. The lowest BCUT2D eigenvalue weighted by molar-refractivity contribution is -0.402. The van der Waals surface area contributed by atoms with E-state index in [-0.39, 0.29) is 23.1 Å². The molecule has 0 amide bonds. The van der Waals surface area contributed by atoms with Crippen LogP contribution < -0.4 is 5.32 Å². The largest absolute Gasteiger partial charge is 0.433 e. The number of nitro groups is 2. The normalized spacial score (nSPS) is 10.2. The molecule has 1 aromatic carbocycles. The Morgan fingerprint density at radius 3 is 2.45 bits per heavy atom. The monoisotopic (exact) mass is 297 g/mol. The molecule has 0 saturated carbocycles. The van der Waals surface area contributed by atoms with Gasteiger partial charge in [0.2, 0.25) is 0 Å². The van der Waals surface area contributed by atoms with Crippen LogP contribution in [-0.4, -0.2) is 9.85 Å². The topological polar surface area (TPSA) is 111 Å². The van der Waals surface area contributed by atoms with Crippen LogP contribution in [0.15, 0.2) is 34.7 Å². The van der Waals surface area contributed by atoms with Crippen LogP contribution in [0.4, 0.5) is 17.3 Å². The molecular weight excluding hydrogens is 290 g/mol. The van der Waals surface area contributed by atoms with E-state index in [9.17, 15) is 20.2 Å². The molecule has 0 saturated heterocycles. The van der Waals surface area contributed by atoms with E-state index in [1.807, 2.05) is 0 Å². The van der Waals surface area contributed by atoms with E-state index < -0.39 is 9.85 Å². The van der Waals surface area contributed by atoms with Crippen molar-refractivity contribution >= 4 is 28.9 Å². The Morgan fingerprint density at radius 1 is 1.15 bits per heavy atom. The van der Waals surface area contributed by atoms with Gasteiger partial charge in [0.25, 0.3) is 5.69 Å². The van der Waals surface area contributed by atoms with Crippen molar-refractivity contribution < 1.29 is 14.3 Å². The molecular formula is C11H8ClN3O5. The lowest BCUT2D eigenvalue weighted by Gasteiger charge is -2.06. The highest BCUT2D eigenvalue weighted by Gasteiger charge is 2.13. The number of anilines is 1. The van der Waals surface area contributed by atoms with Crippen molar-refractivity contribution in [1.82, 2.24) is 0 Å². The van der Waals surface area contributed by atoms with Gasteiger partial charge in [-0.2, -0.15) is 0 Å². The highest BCUT2D eigenvalue weighted by atomic mass is 35.5. The first-order chi connectivity index (χ1) is 9.47. The van der Waals surface area contributed by atoms with E-state index >= 15 is 0 Å². The molecule has 8 nitrogen and oxygen atoms in total. The fourth-order valence-electron chi connectivity index (χ4n) is 1.50. The molecule has 9 heteroatoms. The van der Waals surface area contributed by atoms with Crippen LogP contribution >= 0.6 is 11.6 Å². The molecule has 0 bridgehead atoms. The quantitative estimate of drug-likeness (QED) is 0.669. The number of hydrogen-bond donors (Lipinski definition) is 1. The Hall–Kier alpha value is -2.61. The van der Waals surface area contributed by atoms with Gasteiger partial charge in [0.15, 0.2) is 0 Å². The van der Waals surface area contributed by atoms with Crippen molar-refractivity contribution in [2.75, 3.05) is 5.32 Å². The Bertz CT molecular complexity index is 670. The molecule has 20 heavy (non-hydrogen) atoms. The van der Waals surface area contributed by atoms with Crippen molar-refractivity contribution in [1.29, 1.82) is 0 Å². The maximum atomic E-state index is 10.6. The summed E-state index contributed by atoms with van der Waals surface area (Å²) in [7, 11) is 0. The van der Waals surface area contributed by atoms with Crippen LogP contribution in [-0.2, 0) is 6.54 Å². The summed E-state index contributed by atoms with van der Waals surface area (Å²) in [6, 6.07) is 6.68. The average molecular weight is 298 g/mol. The molecule has 0 atom stereocenters.